The molecule has 0 N–H and O–H groups in total. The molecule has 0 spiro atoms. The minimum absolute atomic E-state index is 1.15. The van der Waals surface area contributed by atoms with Crippen molar-refractivity contribution in [2.75, 3.05) is 0 Å². The van der Waals surface area contributed by atoms with Crippen LogP contribution in [0.5, 0.6) is 0 Å². The van der Waals surface area contributed by atoms with E-state index < -0.39 is 0 Å². The molecule has 1 fully saturated rings. The molecule has 0 aliphatic heterocycles. The molecule has 0 aromatic heterocycles. The molecule has 0 radical (unpaired) electrons. The van der Waals surface area contributed by atoms with Gasteiger partial charge in [-0.05, 0) is 31.3 Å². The third kappa shape index (κ3) is 1.18. The number of hydrogen-bond acceptors (Lipinski definition) is 0. The predicted octanol–water partition coefficient (Wildman–Crippen LogP) is 3.37. The van der Waals surface area contributed by atoms with E-state index in [4.69, 9.17) is 0 Å². The summed E-state index contributed by atoms with van der Waals surface area (Å²) >= 11 is 0. The molecule has 2 aliphatic rings. The molecule has 0 unspecified atom stereocenters. The molecule has 0 atom stereocenters. The SMILES string of the molecule is CCC=CC1=C2CCC(=C1)C2. The number of fused-ring (bicyclic) bond motifs is 2. The average Bonchev–Trinajstić information content (AvgIpc) is 2.60. The molecule has 0 heteroatoms. The van der Waals surface area contributed by atoms with E-state index in [-0.39, 0.29) is 0 Å². The smallest absolute Gasteiger partial charge is 0.00959 e. The fourth-order valence-corrected chi connectivity index (χ4v) is 1.86. The van der Waals surface area contributed by atoms with Crippen molar-refractivity contribution >= 4 is 0 Å². The van der Waals surface area contributed by atoms with E-state index in [9.17, 15) is 0 Å². The lowest BCUT2D eigenvalue weighted by Crippen LogP contribution is -1.79. The molecule has 0 aromatic carbocycles. The van der Waals surface area contributed by atoms with E-state index >= 15 is 0 Å². The summed E-state index contributed by atoms with van der Waals surface area (Å²) in [5, 5.41) is 0. The summed E-state index contributed by atoms with van der Waals surface area (Å²) in [4.78, 5) is 0. The summed E-state index contributed by atoms with van der Waals surface area (Å²) in [6.45, 7) is 2.18. The van der Waals surface area contributed by atoms with Crippen LogP contribution in [0.1, 0.15) is 32.6 Å². The number of allylic oxidation sites excluding steroid dienone is 6. The van der Waals surface area contributed by atoms with Gasteiger partial charge in [-0.2, -0.15) is 0 Å². The van der Waals surface area contributed by atoms with E-state index in [1.54, 1.807) is 11.1 Å². The molecule has 0 nitrogen and oxygen atoms in total. The van der Waals surface area contributed by atoms with Crippen LogP contribution in [0.3, 0.4) is 0 Å². The topological polar surface area (TPSA) is 0 Å². The summed E-state index contributed by atoms with van der Waals surface area (Å²) < 4.78 is 0. The van der Waals surface area contributed by atoms with Crippen molar-refractivity contribution in [2.45, 2.75) is 32.6 Å². The van der Waals surface area contributed by atoms with Crippen LogP contribution in [-0.2, 0) is 0 Å². The van der Waals surface area contributed by atoms with Crippen molar-refractivity contribution in [1.82, 2.24) is 0 Å². The summed E-state index contributed by atoms with van der Waals surface area (Å²) in [5.74, 6) is 0. The van der Waals surface area contributed by atoms with E-state index in [1.165, 1.54) is 24.8 Å². The van der Waals surface area contributed by atoms with Gasteiger partial charge in [-0.15, -0.1) is 0 Å². The van der Waals surface area contributed by atoms with E-state index in [0.717, 1.165) is 6.42 Å². The maximum Gasteiger partial charge on any atom is -0.00959 e. The number of hydrogen-bond donors (Lipinski definition) is 0. The van der Waals surface area contributed by atoms with Gasteiger partial charge in [0.05, 0.1) is 0 Å². The quantitative estimate of drug-likeness (QED) is 0.560. The Balaban J connectivity index is 2.16. The highest BCUT2D eigenvalue weighted by atomic mass is 14.2. The lowest BCUT2D eigenvalue weighted by Gasteiger charge is -1.99. The zero-order valence-electron chi connectivity index (χ0n) is 7.06. The van der Waals surface area contributed by atoms with E-state index in [0.29, 0.717) is 0 Å². The highest BCUT2D eigenvalue weighted by molar-refractivity contribution is 5.49. The van der Waals surface area contributed by atoms with Crippen LogP contribution >= 0.6 is 0 Å². The Hall–Kier alpha value is -0.780. The lowest BCUT2D eigenvalue weighted by atomic mass is 10.1. The summed E-state index contributed by atoms with van der Waals surface area (Å²) in [5.41, 5.74) is 4.83. The normalized spacial score (nSPS) is 22.1. The fourth-order valence-electron chi connectivity index (χ4n) is 1.86. The van der Waals surface area contributed by atoms with Gasteiger partial charge in [0.25, 0.3) is 0 Å². The standard InChI is InChI=1S/C11H14/c1-2-3-4-10-7-9-5-6-11(10)8-9/h3-4,7H,2,5-6,8H2,1H3. The van der Waals surface area contributed by atoms with Crippen LogP contribution < -0.4 is 0 Å². The van der Waals surface area contributed by atoms with Crippen LogP contribution in [-0.4, -0.2) is 0 Å². The molecular weight excluding hydrogens is 132 g/mol. The van der Waals surface area contributed by atoms with Gasteiger partial charge < -0.3 is 0 Å². The Bertz CT molecular complexity index is 251. The lowest BCUT2D eigenvalue weighted by molar-refractivity contribution is 1.02. The fraction of sp³-hybridized carbons (Fsp3) is 0.455. The van der Waals surface area contributed by atoms with Gasteiger partial charge in [0.1, 0.15) is 0 Å². The second-order valence-corrected chi connectivity index (χ2v) is 3.35. The zero-order valence-corrected chi connectivity index (χ0v) is 7.06. The van der Waals surface area contributed by atoms with Gasteiger partial charge in [0, 0.05) is 0 Å². The van der Waals surface area contributed by atoms with Crippen LogP contribution in [0.25, 0.3) is 0 Å². The molecular formula is C11H14. The zero-order chi connectivity index (χ0) is 7.68. The molecule has 0 saturated heterocycles. The van der Waals surface area contributed by atoms with Crippen LogP contribution in [0.2, 0.25) is 0 Å². The van der Waals surface area contributed by atoms with E-state index in [1.807, 2.05) is 0 Å². The summed E-state index contributed by atoms with van der Waals surface area (Å²) in [7, 11) is 0. The highest BCUT2D eigenvalue weighted by Gasteiger charge is 2.20. The van der Waals surface area contributed by atoms with Gasteiger partial charge in [-0.1, -0.05) is 36.3 Å². The maximum absolute atomic E-state index is 2.37. The molecule has 2 aliphatic carbocycles. The minimum atomic E-state index is 1.15. The van der Waals surface area contributed by atoms with Crippen molar-refractivity contribution in [3.8, 4) is 0 Å². The summed E-state index contributed by atoms with van der Waals surface area (Å²) in [6.07, 6.45) is 12.0. The first-order valence-electron chi connectivity index (χ1n) is 4.48. The first kappa shape index (κ1) is 6.90. The van der Waals surface area contributed by atoms with Crippen molar-refractivity contribution in [3.05, 3.63) is 34.9 Å². The monoisotopic (exact) mass is 146 g/mol. The molecule has 0 aromatic rings. The highest BCUT2D eigenvalue weighted by Crippen LogP contribution is 2.39. The van der Waals surface area contributed by atoms with Crippen molar-refractivity contribution in [1.29, 1.82) is 0 Å². The Labute approximate surface area is 68.3 Å². The average molecular weight is 146 g/mol. The van der Waals surface area contributed by atoms with Gasteiger partial charge in [-0.25, -0.2) is 0 Å². The first-order chi connectivity index (χ1) is 5.40. The first-order valence-corrected chi connectivity index (χ1v) is 4.48. The van der Waals surface area contributed by atoms with E-state index in [2.05, 4.69) is 25.2 Å². The van der Waals surface area contributed by atoms with Gasteiger partial charge in [-0.3, -0.25) is 0 Å². The molecule has 58 valence electrons. The molecule has 2 bridgehead atoms. The maximum atomic E-state index is 2.37. The molecule has 2 rings (SSSR count). The van der Waals surface area contributed by atoms with Gasteiger partial charge in [0.2, 0.25) is 0 Å². The largest absolute Gasteiger partial charge is 0.0842 e. The van der Waals surface area contributed by atoms with Gasteiger partial charge in [0.15, 0.2) is 0 Å². The Morgan fingerprint density at radius 2 is 2.36 bits per heavy atom. The van der Waals surface area contributed by atoms with Crippen LogP contribution in [0, 0.1) is 0 Å². The molecule has 11 heavy (non-hydrogen) atoms. The Kier molecular flexibility index (Phi) is 1.69. The molecule has 1 saturated carbocycles. The van der Waals surface area contributed by atoms with Crippen molar-refractivity contribution in [3.63, 3.8) is 0 Å². The minimum Gasteiger partial charge on any atom is -0.0842 e. The summed E-state index contributed by atoms with van der Waals surface area (Å²) in [6, 6.07) is 0. The van der Waals surface area contributed by atoms with Crippen LogP contribution in [0.4, 0.5) is 0 Å². The predicted molar refractivity (Wildman–Crippen MR) is 48.4 cm³/mol. The third-order valence-corrected chi connectivity index (χ3v) is 2.49. The van der Waals surface area contributed by atoms with Crippen molar-refractivity contribution in [2.24, 2.45) is 0 Å². The second-order valence-electron chi connectivity index (χ2n) is 3.35. The second kappa shape index (κ2) is 2.69. The van der Waals surface area contributed by atoms with Gasteiger partial charge >= 0.3 is 0 Å². The third-order valence-electron chi connectivity index (χ3n) is 2.49. The molecule has 0 heterocycles. The number of rotatable bonds is 2. The Morgan fingerprint density at radius 3 is 2.91 bits per heavy atom. The molecule has 0 amide bonds. The van der Waals surface area contributed by atoms with Crippen LogP contribution in [0.15, 0.2) is 34.9 Å². The van der Waals surface area contributed by atoms with Crippen molar-refractivity contribution < 1.29 is 0 Å². The Morgan fingerprint density at radius 1 is 1.45 bits per heavy atom.